The lowest BCUT2D eigenvalue weighted by Gasteiger charge is -2.25. The van der Waals surface area contributed by atoms with Gasteiger partial charge in [-0.25, -0.2) is 0 Å². The monoisotopic (exact) mass is 239 g/mol. The normalized spacial score (nSPS) is 18.4. The van der Waals surface area contributed by atoms with E-state index in [0.29, 0.717) is 5.92 Å². The first kappa shape index (κ1) is 12.3. The molecule has 6 nitrogen and oxygen atoms in total. The van der Waals surface area contributed by atoms with Crippen molar-refractivity contribution in [3.63, 3.8) is 0 Å². The molecule has 1 aromatic rings. The van der Waals surface area contributed by atoms with E-state index in [9.17, 15) is 0 Å². The molecule has 0 aromatic carbocycles. The van der Waals surface area contributed by atoms with Crippen molar-refractivity contribution in [3.8, 4) is 0 Å². The number of H-pyrrole nitrogens is 1. The van der Waals surface area contributed by atoms with Crippen LogP contribution in [0.3, 0.4) is 0 Å². The number of aromatic nitrogens is 3. The third kappa shape index (κ3) is 3.41. The van der Waals surface area contributed by atoms with Crippen molar-refractivity contribution in [2.45, 2.75) is 13.3 Å². The molecular weight excluding hydrogens is 218 g/mol. The van der Waals surface area contributed by atoms with Crippen LogP contribution in [-0.2, 0) is 11.2 Å². The molecule has 17 heavy (non-hydrogen) atoms. The van der Waals surface area contributed by atoms with Crippen LogP contribution in [0.2, 0.25) is 0 Å². The summed E-state index contributed by atoms with van der Waals surface area (Å²) in [6, 6.07) is 0. The lowest BCUT2D eigenvalue weighted by molar-refractivity contribution is 0.159. The minimum atomic E-state index is 0.462. The molecule has 1 fully saturated rings. The van der Waals surface area contributed by atoms with E-state index >= 15 is 0 Å². The molecule has 1 aromatic heterocycles. The van der Waals surface area contributed by atoms with E-state index in [4.69, 9.17) is 4.74 Å². The van der Waals surface area contributed by atoms with E-state index in [-0.39, 0.29) is 0 Å². The average Bonchev–Trinajstić information content (AvgIpc) is 2.79. The molecule has 0 radical (unpaired) electrons. The first-order valence-corrected chi connectivity index (χ1v) is 6.15. The van der Waals surface area contributed by atoms with Gasteiger partial charge in [-0.3, -0.25) is 5.10 Å². The van der Waals surface area contributed by atoms with Gasteiger partial charge in [-0.05, 0) is 5.92 Å². The maximum absolute atomic E-state index is 5.12. The molecule has 0 saturated carbocycles. The van der Waals surface area contributed by atoms with E-state index in [2.05, 4.69) is 32.3 Å². The van der Waals surface area contributed by atoms with Gasteiger partial charge in [-0.15, -0.1) is 5.10 Å². The molecule has 2 rings (SSSR count). The summed E-state index contributed by atoms with van der Waals surface area (Å²) in [6.07, 6.45) is 0.882. The van der Waals surface area contributed by atoms with E-state index in [1.54, 1.807) is 7.11 Å². The molecule has 1 saturated heterocycles. The minimum absolute atomic E-state index is 0.462. The molecule has 1 unspecified atom stereocenters. The van der Waals surface area contributed by atoms with Gasteiger partial charge in [0.1, 0.15) is 5.82 Å². The van der Waals surface area contributed by atoms with E-state index in [1.165, 1.54) is 0 Å². The van der Waals surface area contributed by atoms with Gasteiger partial charge in [0.05, 0.1) is 0 Å². The summed E-state index contributed by atoms with van der Waals surface area (Å²) in [5.41, 5.74) is 0. The number of methoxy groups -OCH3 is 1. The Morgan fingerprint density at radius 2 is 2.18 bits per heavy atom. The Kier molecular flexibility index (Phi) is 4.33. The predicted octanol–water partition coefficient (Wildman–Crippen LogP) is 0.0393. The molecule has 96 valence electrons. The Morgan fingerprint density at radius 1 is 1.41 bits per heavy atom. The highest BCUT2D eigenvalue weighted by Crippen LogP contribution is 2.10. The van der Waals surface area contributed by atoms with Gasteiger partial charge < -0.3 is 15.0 Å². The van der Waals surface area contributed by atoms with Crippen LogP contribution in [0, 0.1) is 5.92 Å². The molecule has 6 heteroatoms. The van der Waals surface area contributed by atoms with Crippen molar-refractivity contribution in [1.29, 1.82) is 0 Å². The number of nitrogens with one attached hydrogen (secondary N) is 2. The van der Waals surface area contributed by atoms with Gasteiger partial charge in [0.25, 0.3) is 0 Å². The molecule has 2 N–H and O–H groups in total. The second-order valence-electron chi connectivity index (χ2n) is 4.58. The zero-order chi connectivity index (χ0) is 12.1. The molecule has 0 spiro atoms. The second kappa shape index (κ2) is 5.97. The molecule has 0 amide bonds. The van der Waals surface area contributed by atoms with E-state index in [1.807, 2.05) is 0 Å². The Labute approximate surface area is 102 Å². The Hall–Kier alpha value is -1.14. The van der Waals surface area contributed by atoms with Gasteiger partial charge in [0.2, 0.25) is 5.95 Å². The summed E-state index contributed by atoms with van der Waals surface area (Å²) in [7, 11) is 1.73. The van der Waals surface area contributed by atoms with Crippen molar-refractivity contribution in [3.05, 3.63) is 5.82 Å². The maximum Gasteiger partial charge on any atom is 0.244 e. The van der Waals surface area contributed by atoms with Crippen LogP contribution >= 0.6 is 0 Å². The number of piperazine rings is 1. The molecule has 1 aliphatic rings. The van der Waals surface area contributed by atoms with Crippen LogP contribution in [0.4, 0.5) is 5.95 Å². The smallest absolute Gasteiger partial charge is 0.244 e. The molecule has 1 aliphatic heterocycles. The summed E-state index contributed by atoms with van der Waals surface area (Å²) in [4.78, 5) is 6.74. The standard InChI is InChI=1S/C11H21N5O/c1-9(8-17-2)7-10-13-11(15-14-10)16-5-3-12-4-6-16/h9,12H,3-8H2,1-2H3,(H,13,14,15). The van der Waals surface area contributed by atoms with Crippen molar-refractivity contribution in [1.82, 2.24) is 20.5 Å². The fourth-order valence-corrected chi connectivity index (χ4v) is 2.06. The molecule has 2 heterocycles. The van der Waals surface area contributed by atoms with Crippen LogP contribution in [-0.4, -0.2) is 55.1 Å². The van der Waals surface area contributed by atoms with E-state index in [0.717, 1.165) is 51.0 Å². The van der Waals surface area contributed by atoms with Gasteiger partial charge in [-0.1, -0.05) is 6.92 Å². The van der Waals surface area contributed by atoms with Crippen LogP contribution in [0.15, 0.2) is 0 Å². The van der Waals surface area contributed by atoms with E-state index < -0.39 is 0 Å². The first-order chi connectivity index (χ1) is 8.29. The first-order valence-electron chi connectivity index (χ1n) is 6.15. The number of rotatable bonds is 5. The van der Waals surface area contributed by atoms with Crippen molar-refractivity contribution >= 4 is 5.95 Å². The number of hydrogen-bond donors (Lipinski definition) is 2. The van der Waals surface area contributed by atoms with Gasteiger partial charge >= 0.3 is 0 Å². The predicted molar refractivity (Wildman–Crippen MR) is 66.2 cm³/mol. The topological polar surface area (TPSA) is 66.1 Å². The zero-order valence-electron chi connectivity index (χ0n) is 10.6. The highest BCUT2D eigenvalue weighted by molar-refractivity contribution is 5.29. The Morgan fingerprint density at radius 3 is 2.88 bits per heavy atom. The largest absolute Gasteiger partial charge is 0.384 e. The quantitative estimate of drug-likeness (QED) is 0.759. The molecule has 1 atom stereocenters. The van der Waals surface area contributed by atoms with Crippen molar-refractivity contribution in [2.75, 3.05) is 44.8 Å². The number of hydrogen-bond acceptors (Lipinski definition) is 5. The lowest BCUT2D eigenvalue weighted by atomic mass is 10.1. The third-order valence-electron chi connectivity index (χ3n) is 2.91. The summed E-state index contributed by atoms with van der Waals surface area (Å²) < 4.78 is 5.12. The maximum atomic E-state index is 5.12. The zero-order valence-corrected chi connectivity index (χ0v) is 10.6. The lowest BCUT2D eigenvalue weighted by Crippen LogP contribution is -2.44. The van der Waals surface area contributed by atoms with Crippen LogP contribution in [0.5, 0.6) is 0 Å². The SMILES string of the molecule is COCC(C)Cc1nc(N2CCNCC2)n[nH]1. The van der Waals surface area contributed by atoms with Gasteiger partial charge in [0, 0.05) is 46.3 Å². The fraction of sp³-hybridized carbons (Fsp3) is 0.818. The summed E-state index contributed by atoms with van der Waals surface area (Å²) >= 11 is 0. The molecule has 0 aliphatic carbocycles. The minimum Gasteiger partial charge on any atom is -0.384 e. The number of anilines is 1. The highest BCUT2D eigenvalue weighted by atomic mass is 16.5. The summed E-state index contributed by atoms with van der Waals surface area (Å²) in [6.45, 7) is 6.86. The number of aromatic amines is 1. The van der Waals surface area contributed by atoms with Crippen LogP contribution in [0.25, 0.3) is 0 Å². The second-order valence-corrected chi connectivity index (χ2v) is 4.58. The molecular formula is C11H21N5O. The number of nitrogens with zero attached hydrogens (tertiary/aromatic N) is 3. The van der Waals surface area contributed by atoms with Crippen molar-refractivity contribution < 1.29 is 4.74 Å². The Bertz CT molecular complexity index is 334. The summed E-state index contributed by atoms with van der Waals surface area (Å²) in [5, 5.41) is 10.6. The van der Waals surface area contributed by atoms with Gasteiger partial charge in [0.15, 0.2) is 0 Å². The molecule has 0 bridgehead atoms. The van der Waals surface area contributed by atoms with Gasteiger partial charge in [-0.2, -0.15) is 4.98 Å². The van der Waals surface area contributed by atoms with Crippen molar-refractivity contribution in [2.24, 2.45) is 5.92 Å². The average molecular weight is 239 g/mol. The summed E-state index contributed by atoms with van der Waals surface area (Å²) in [5.74, 6) is 2.23. The fourth-order valence-electron chi connectivity index (χ4n) is 2.06. The number of ether oxygens (including phenoxy) is 1. The van der Waals surface area contributed by atoms with Crippen LogP contribution in [0.1, 0.15) is 12.7 Å². The highest BCUT2D eigenvalue weighted by Gasteiger charge is 2.15. The Balaban J connectivity index is 1.90. The van der Waals surface area contributed by atoms with Crippen LogP contribution < -0.4 is 10.2 Å². The third-order valence-corrected chi connectivity index (χ3v) is 2.91.